The average Bonchev–Trinajstić information content (AvgIpc) is 2.14. The Morgan fingerprint density at radius 1 is 1.24 bits per heavy atom. The van der Waals surface area contributed by atoms with Gasteiger partial charge in [0, 0.05) is 0 Å². The number of hydrogen-bond acceptors (Lipinski definition) is 2. The summed E-state index contributed by atoms with van der Waals surface area (Å²) in [5.74, 6) is -2.08. The Morgan fingerprint density at radius 2 is 1.76 bits per heavy atom. The third kappa shape index (κ3) is 3.58. The molecule has 0 amide bonds. The van der Waals surface area contributed by atoms with Crippen LogP contribution in [0.1, 0.15) is 33.1 Å². The standard InChI is InChI=1S/C10H17F3O3S/c1-6(2)8-4-3-7(10(11,12)13)5-9(8)17(14,15)16/h6-9H,3-5H2,1-2H3,(H,14,15,16). The van der Waals surface area contributed by atoms with Crippen molar-refractivity contribution in [1.29, 1.82) is 0 Å². The highest BCUT2D eigenvalue weighted by molar-refractivity contribution is 7.86. The maximum Gasteiger partial charge on any atom is 0.391 e. The molecule has 102 valence electrons. The lowest BCUT2D eigenvalue weighted by Crippen LogP contribution is -2.42. The first-order valence-corrected chi connectivity index (χ1v) is 7.06. The summed E-state index contributed by atoms with van der Waals surface area (Å²) in [6.45, 7) is 3.52. The molecule has 0 aromatic carbocycles. The fourth-order valence-electron chi connectivity index (χ4n) is 2.56. The number of rotatable bonds is 2. The van der Waals surface area contributed by atoms with Crippen LogP contribution in [-0.2, 0) is 10.1 Å². The summed E-state index contributed by atoms with van der Waals surface area (Å²) in [7, 11) is -4.41. The lowest BCUT2D eigenvalue weighted by atomic mass is 9.76. The molecule has 3 unspecified atom stereocenters. The van der Waals surface area contributed by atoms with Gasteiger partial charge in [-0.1, -0.05) is 13.8 Å². The molecule has 1 aliphatic carbocycles. The summed E-state index contributed by atoms with van der Waals surface area (Å²) in [6, 6.07) is 0. The third-order valence-electron chi connectivity index (χ3n) is 3.54. The summed E-state index contributed by atoms with van der Waals surface area (Å²) >= 11 is 0. The van der Waals surface area contributed by atoms with Crippen LogP contribution in [0.4, 0.5) is 13.2 Å². The van der Waals surface area contributed by atoms with E-state index >= 15 is 0 Å². The van der Waals surface area contributed by atoms with Crippen LogP contribution in [0.2, 0.25) is 0 Å². The van der Waals surface area contributed by atoms with Crippen molar-refractivity contribution in [2.24, 2.45) is 17.8 Å². The van der Waals surface area contributed by atoms with Crippen LogP contribution in [0.3, 0.4) is 0 Å². The van der Waals surface area contributed by atoms with Gasteiger partial charge in [-0.3, -0.25) is 4.55 Å². The molecule has 1 fully saturated rings. The highest BCUT2D eigenvalue weighted by atomic mass is 32.2. The fourth-order valence-corrected chi connectivity index (χ4v) is 3.92. The van der Waals surface area contributed by atoms with Crippen LogP contribution < -0.4 is 0 Å². The smallest absolute Gasteiger partial charge is 0.285 e. The average molecular weight is 274 g/mol. The van der Waals surface area contributed by atoms with Crippen molar-refractivity contribution in [3.05, 3.63) is 0 Å². The van der Waals surface area contributed by atoms with E-state index in [0.717, 1.165) is 0 Å². The molecule has 0 saturated heterocycles. The number of halogens is 3. The first kappa shape index (κ1) is 14.8. The lowest BCUT2D eigenvalue weighted by Gasteiger charge is -2.37. The Balaban J connectivity index is 2.93. The van der Waals surface area contributed by atoms with Gasteiger partial charge in [0.2, 0.25) is 0 Å². The van der Waals surface area contributed by atoms with Crippen molar-refractivity contribution in [1.82, 2.24) is 0 Å². The van der Waals surface area contributed by atoms with E-state index in [4.69, 9.17) is 4.55 Å². The second kappa shape index (κ2) is 4.76. The van der Waals surface area contributed by atoms with E-state index in [0.29, 0.717) is 0 Å². The summed E-state index contributed by atoms with van der Waals surface area (Å²) in [6.07, 6.45) is -4.78. The second-order valence-corrected chi connectivity index (χ2v) is 6.65. The molecule has 0 aliphatic heterocycles. The van der Waals surface area contributed by atoms with Crippen molar-refractivity contribution >= 4 is 10.1 Å². The molecule has 1 N–H and O–H groups in total. The van der Waals surface area contributed by atoms with E-state index < -0.39 is 39.8 Å². The maximum atomic E-state index is 12.6. The van der Waals surface area contributed by atoms with Crippen LogP contribution >= 0.6 is 0 Å². The molecular formula is C10H17F3O3S. The first-order valence-electron chi connectivity index (χ1n) is 5.56. The minimum atomic E-state index is -4.41. The molecule has 3 atom stereocenters. The van der Waals surface area contributed by atoms with Gasteiger partial charge < -0.3 is 0 Å². The largest absolute Gasteiger partial charge is 0.391 e. The molecule has 1 rings (SSSR count). The van der Waals surface area contributed by atoms with Gasteiger partial charge in [-0.2, -0.15) is 21.6 Å². The Labute approximate surface area is 99.1 Å². The monoisotopic (exact) mass is 274 g/mol. The van der Waals surface area contributed by atoms with Crippen molar-refractivity contribution in [2.45, 2.75) is 44.5 Å². The first-order chi connectivity index (χ1) is 7.53. The molecule has 0 radical (unpaired) electrons. The predicted octanol–water partition coefficient (Wildman–Crippen LogP) is 2.88. The van der Waals surface area contributed by atoms with Crippen molar-refractivity contribution in [3.63, 3.8) is 0 Å². The number of hydrogen-bond donors (Lipinski definition) is 1. The van der Waals surface area contributed by atoms with E-state index in [-0.39, 0.29) is 18.8 Å². The Bertz CT molecular complexity index is 361. The van der Waals surface area contributed by atoms with E-state index in [1.807, 2.05) is 0 Å². The van der Waals surface area contributed by atoms with Gasteiger partial charge in [0.1, 0.15) is 0 Å². The van der Waals surface area contributed by atoms with Crippen LogP contribution in [0.25, 0.3) is 0 Å². The van der Waals surface area contributed by atoms with Gasteiger partial charge in [-0.25, -0.2) is 0 Å². The summed E-state index contributed by atoms with van der Waals surface area (Å²) < 4.78 is 69.0. The van der Waals surface area contributed by atoms with E-state index in [9.17, 15) is 21.6 Å². The minimum Gasteiger partial charge on any atom is -0.285 e. The van der Waals surface area contributed by atoms with Gasteiger partial charge in [0.15, 0.2) is 0 Å². The zero-order valence-corrected chi connectivity index (χ0v) is 10.6. The zero-order valence-electron chi connectivity index (χ0n) is 9.74. The maximum absolute atomic E-state index is 12.6. The second-order valence-electron chi connectivity index (χ2n) is 5.01. The van der Waals surface area contributed by atoms with Crippen LogP contribution in [-0.4, -0.2) is 24.4 Å². The number of alkyl halides is 3. The van der Waals surface area contributed by atoms with Crippen LogP contribution in [0.15, 0.2) is 0 Å². The normalized spacial score (nSPS) is 31.8. The summed E-state index contributed by atoms with van der Waals surface area (Å²) in [5, 5.41) is -1.29. The molecule has 0 spiro atoms. The van der Waals surface area contributed by atoms with Crippen molar-refractivity contribution in [3.8, 4) is 0 Å². The van der Waals surface area contributed by atoms with E-state index in [1.54, 1.807) is 13.8 Å². The van der Waals surface area contributed by atoms with E-state index in [1.165, 1.54) is 0 Å². The molecule has 0 aromatic rings. The van der Waals surface area contributed by atoms with Gasteiger partial charge in [0.05, 0.1) is 11.2 Å². The van der Waals surface area contributed by atoms with Gasteiger partial charge in [0.25, 0.3) is 10.1 Å². The molecule has 0 aromatic heterocycles. The minimum absolute atomic E-state index is 0.0572. The Hall–Kier alpha value is -0.300. The Morgan fingerprint density at radius 3 is 2.12 bits per heavy atom. The molecule has 7 heteroatoms. The summed E-state index contributed by atoms with van der Waals surface area (Å²) in [5.41, 5.74) is 0. The molecule has 17 heavy (non-hydrogen) atoms. The Kier molecular flexibility index (Phi) is 4.13. The lowest BCUT2D eigenvalue weighted by molar-refractivity contribution is -0.184. The SMILES string of the molecule is CC(C)C1CCC(C(F)(F)F)CC1S(=O)(=O)O. The molecule has 0 heterocycles. The highest BCUT2D eigenvalue weighted by Gasteiger charge is 2.48. The van der Waals surface area contributed by atoms with Crippen LogP contribution in [0.5, 0.6) is 0 Å². The fraction of sp³-hybridized carbons (Fsp3) is 1.00. The van der Waals surface area contributed by atoms with Crippen molar-refractivity contribution in [2.75, 3.05) is 0 Å². The molecule has 1 saturated carbocycles. The predicted molar refractivity (Wildman–Crippen MR) is 57.1 cm³/mol. The van der Waals surface area contributed by atoms with Gasteiger partial charge in [-0.05, 0) is 31.1 Å². The highest BCUT2D eigenvalue weighted by Crippen LogP contribution is 2.43. The molecular weight excluding hydrogens is 257 g/mol. The molecule has 0 bridgehead atoms. The van der Waals surface area contributed by atoms with Gasteiger partial charge >= 0.3 is 6.18 Å². The molecule has 1 aliphatic rings. The van der Waals surface area contributed by atoms with Gasteiger partial charge in [-0.15, -0.1) is 0 Å². The molecule has 3 nitrogen and oxygen atoms in total. The van der Waals surface area contributed by atoms with Crippen LogP contribution in [0, 0.1) is 17.8 Å². The quantitative estimate of drug-likeness (QED) is 0.788. The zero-order chi connectivity index (χ0) is 13.4. The third-order valence-corrected chi connectivity index (χ3v) is 4.85. The topological polar surface area (TPSA) is 54.4 Å². The van der Waals surface area contributed by atoms with E-state index in [2.05, 4.69) is 0 Å². The van der Waals surface area contributed by atoms with Crippen molar-refractivity contribution < 1.29 is 26.1 Å². The summed E-state index contributed by atoms with van der Waals surface area (Å²) in [4.78, 5) is 0.